The molecular formula is C13H20N2O. The highest BCUT2D eigenvalue weighted by molar-refractivity contribution is 5.97. The second-order valence-electron chi connectivity index (χ2n) is 4.42. The highest BCUT2D eigenvalue weighted by atomic mass is 16.1. The first-order chi connectivity index (χ1) is 7.61. The van der Waals surface area contributed by atoms with Crippen molar-refractivity contribution in [3.63, 3.8) is 0 Å². The molecule has 2 N–H and O–H groups in total. The van der Waals surface area contributed by atoms with Crippen LogP contribution in [0.3, 0.4) is 0 Å². The van der Waals surface area contributed by atoms with Gasteiger partial charge in [-0.15, -0.1) is 0 Å². The average molecular weight is 220 g/mol. The Bertz CT molecular complexity index is 322. The Kier molecular flexibility index (Phi) is 5.12. The van der Waals surface area contributed by atoms with Crippen LogP contribution in [0.25, 0.3) is 0 Å². The number of ketones is 1. The van der Waals surface area contributed by atoms with Gasteiger partial charge in [0, 0.05) is 29.9 Å². The van der Waals surface area contributed by atoms with Crippen LogP contribution in [0.15, 0.2) is 24.5 Å². The summed E-state index contributed by atoms with van der Waals surface area (Å²) in [6, 6.07) is 3.83. The third kappa shape index (κ3) is 4.11. The molecule has 0 aliphatic heterocycles. The molecule has 2 unspecified atom stereocenters. The predicted molar refractivity (Wildman–Crippen MR) is 65.2 cm³/mol. The molecule has 1 aromatic heterocycles. The number of pyridine rings is 1. The van der Waals surface area contributed by atoms with Gasteiger partial charge in [0.05, 0.1) is 0 Å². The maximum absolute atomic E-state index is 11.9. The van der Waals surface area contributed by atoms with Crippen molar-refractivity contribution >= 4 is 5.78 Å². The molecule has 0 amide bonds. The third-order valence-corrected chi connectivity index (χ3v) is 2.69. The molecule has 0 spiro atoms. The molecule has 16 heavy (non-hydrogen) atoms. The lowest BCUT2D eigenvalue weighted by atomic mass is 9.94. The monoisotopic (exact) mass is 220 g/mol. The zero-order valence-electron chi connectivity index (χ0n) is 10.0. The van der Waals surface area contributed by atoms with Gasteiger partial charge in [-0.3, -0.25) is 9.78 Å². The van der Waals surface area contributed by atoms with Crippen LogP contribution in [-0.2, 0) is 0 Å². The second-order valence-corrected chi connectivity index (χ2v) is 4.42. The fourth-order valence-corrected chi connectivity index (χ4v) is 1.67. The fraction of sp³-hybridized carbons (Fsp3) is 0.538. The van der Waals surface area contributed by atoms with E-state index in [9.17, 15) is 4.79 Å². The van der Waals surface area contributed by atoms with Crippen molar-refractivity contribution in [2.24, 2.45) is 11.7 Å². The predicted octanol–water partition coefficient (Wildman–Crippen LogP) is 2.42. The average Bonchev–Trinajstić information content (AvgIpc) is 2.28. The smallest absolute Gasteiger partial charge is 0.167 e. The first-order valence-electron chi connectivity index (χ1n) is 5.81. The number of hydrogen-bond acceptors (Lipinski definition) is 3. The second kappa shape index (κ2) is 6.38. The molecule has 0 aliphatic rings. The molecule has 0 aliphatic carbocycles. The number of nitrogens with two attached hydrogens (primary N) is 1. The molecule has 88 valence electrons. The Hall–Kier alpha value is -1.22. The van der Waals surface area contributed by atoms with Crippen molar-refractivity contribution in [1.82, 2.24) is 4.98 Å². The van der Waals surface area contributed by atoms with Gasteiger partial charge in [-0.05, 0) is 31.9 Å². The molecule has 0 radical (unpaired) electrons. The van der Waals surface area contributed by atoms with E-state index in [2.05, 4.69) is 4.98 Å². The number of rotatable bonds is 6. The zero-order valence-corrected chi connectivity index (χ0v) is 10.0. The third-order valence-electron chi connectivity index (χ3n) is 2.69. The largest absolute Gasteiger partial charge is 0.328 e. The summed E-state index contributed by atoms with van der Waals surface area (Å²) >= 11 is 0. The highest BCUT2D eigenvalue weighted by Crippen LogP contribution is 2.14. The molecule has 3 heteroatoms. The quantitative estimate of drug-likeness (QED) is 0.749. The Morgan fingerprint density at radius 2 is 2.19 bits per heavy atom. The summed E-state index contributed by atoms with van der Waals surface area (Å²) in [5, 5.41) is 0. The minimum absolute atomic E-state index is 0.0583. The van der Waals surface area contributed by atoms with Crippen molar-refractivity contribution < 1.29 is 4.79 Å². The van der Waals surface area contributed by atoms with Crippen molar-refractivity contribution in [2.75, 3.05) is 0 Å². The molecule has 0 saturated carbocycles. The molecule has 3 nitrogen and oxygen atoms in total. The Morgan fingerprint density at radius 3 is 2.75 bits per heavy atom. The molecule has 1 heterocycles. The van der Waals surface area contributed by atoms with Crippen LogP contribution in [0.5, 0.6) is 0 Å². The molecule has 1 aromatic rings. The van der Waals surface area contributed by atoms with Gasteiger partial charge >= 0.3 is 0 Å². The number of carbonyl (C=O) groups excluding carboxylic acids is 1. The summed E-state index contributed by atoms with van der Waals surface area (Å²) in [7, 11) is 0. The SMILES string of the molecule is CC(N)CCCC(C)C(=O)c1cccnc1. The van der Waals surface area contributed by atoms with Crippen molar-refractivity contribution in [3.8, 4) is 0 Å². The van der Waals surface area contributed by atoms with Crippen LogP contribution in [0, 0.1) is 5.92 Å². The van der Waals surface area contributed by atoms with E-state index in [0.29, 0.717) is 5.56 Å². The number of carbonyl (C=O) groups is 1. The van der Waals surface area contributed by atoms with Crippen molar-refractivity contribution in [3.05, 3.63) is 30.1 Å². The topological polar surface area (TPSA) is 56.0 Å². The summed E-state index contributed by atoms with van der Waals surface area (Å²) in [6.45, 7) is 3.96. The standard InChI is InChI=1S/C13H20N2O/c1-10(5-3-6-11(2)14)13(16)12-7-4-8-15-9-12/h4,7-11H,3,5-6,14H2,1-2H3. The maximum Gasteiger partial charge on any atom is 0.167 e. The van der Waals surface area contributed by atoms with Gasteiger partial charge < -0.3 is 5.73 Å². The zero-order chi connectivity index (χ0) is 12.0. The number of hydrogen-bond donors (Lipinski definition) is 1. The highest BCUT2D eigenvalue weighted by Gasteiger charge is 2.14. The van der Waals surface area contributed by atoms with Crippen LogP contribution < -0.4 is 5.73 Å². The van der Waals surface area contributed by atoms with Gasteiger partial charge in [0.25, 0.3) is 0 Å². The van der Waals surface area contributed by atoms with Crippen LogP contribution in [0.4, 0.5) is 0 Å². The van der Waals surface area contributed by atoms with Gasteiger partial charge in [0.1, 0.15) is 0 Å². The van der Waals surface area contributed by atoms with Gasteiger partial charge in [0.2, 0.25) is 0 Å². The van der Waals surface area contributed by atoms with Crippen molar-refractivity contribution in [1.29, 1.82) is 0 Å². The van der Waals surface area contributed by atoms with Crippen LogP contribution in [0.1, 0.15) is 43.5 Å². The lowest BCUT2D eigenvalue weighted by Crippen LogP contribution is -2.16. The minimum atomic E-state index is 0.0583. The van der Waals surface area contributed by atoms with E-state index in [1.807, 2.05) is 19.9 Å². The van der Waals surface area contributed by atoms with Crippen LogP contribution in [-0.4, -0.2) is 16.8 Å². The van der Waals surface area contributed by atoms with Crippen LogP contribution in [0.2, 0.25) is 0 Å². The molecule has 1 rings (SSSR count). The van der Waals surface area contributed by atoms with Crippen molar-refractivity contribution in [2.45, 2.75) is 39.2 Å². The Labute approximate surface area is 97.1 Å². The summed E-state index contributed by atoms with van der Waals surface area (Å²) in [5.41, 5.74) is 6.38. The van der Waals surface area contributed by atoms with E-state index in [1.54, 1.807) is 18.5 Å². The molecule has 0 aromatic carbocycles. The summed E-state index contributed by atoms with van der Waals surface area (Å²) in [4.78, 5) is 15.9. The normalized spacial score (nSPS) is 14.4. The van der Waals surface area contributed by atoms with E-state index in [0.717, 1.165) is 19.3 Å². The number of Topliss-reactive ketones (excluding diaryl/α,β-unsaturated/α-hetero) is 1. The molecule has 0 bridgehead atoms. The molecular weight excluding hydrogens is 200 g/mol. The number of aromatic nitrogens is 1. The van der Waals surface area contributed by atoms with E-state index >= 15 is 0 Å². The van der Waals surface area contributed by atoms with Gasteiger partial charge in [-0.1, -0.05) is 13.3 Å². The van der Waals surface area contributed by atoms with E-state index in [-0.39, 0.29) is 17.7 Å². The molecule has 0 saturated heterocycles. The van der Waals surface area contributed by atoms with E-state index in [4.69, 9.17) is 5.73 Å². The Morgan fingerprint density at radius 1 is 1.44 bits per heavy atom. The van der Waals surface area contributed by atoms with Gasteiger partial charge in [0.15, 0.2) is 5.78 Å². The Balaban J connectivity index is 2.43. The number of nitrogens with zero attached hydrogens (tertiary/aromatic N) is 1. The van der Waals surface area contributed by atoms with E-state index in [1.165, 1.54) is 0 Å². The van der Waals surface area contributed by atoms with Gasteiger partial charge in [-0.25, -0.2) is 0 Å². The fourth-order valence-electron chi connectivity index (χ4n) is 1.67. The summed E-state index contributed by atoms with van der Waals surface area (Å²) < 4.78 is 0. The lowest BCUT2D eigenvalue weighted by Gasteiger charge is -2.11. The lowest BCUT2D eigenvalue weighted by molar-refractivity contribution is 0.0921. The summed E-state index contributed by atoms with van der Waals surface area (Å²) in [6.07, 6.45) is 6.19. The summed E-state index contributed by atoms with van der Waals surface area (Å²) in [5.74, 6) is 0.237. The first kappa shape index (κ1) is 12.8. The first-order valence-corrected chi connectivity index (χ1v) is 5.81. The maximum atomic E-state index is 11.9. The molecule has 2 atom stereocenters. The van der Waals surface area contributed by atoms with E-state index < -0.39 is 0 Å². The van der Waals surface area contributed by atoms with Gasteiger partial charge in [-0.2, -0.15) is 0 Å². The van der Waals surface area contributed by atoms with Crippen LogP contribution >= 0.6 is 0 Å². The molecule has 0 fully saturated rings. The minimum Gasteiger partial charge on any atom is -0.328 e.